The minimum absolute atomic E-state index is 0.304. The molecule has 1 heteroatoms. The molecule has 0 aliphatic rings. The highest BCUT2D eigenvalue weighted by atomic mass is 16.1. The first-order chi connectivity index (χ1) is 7.31. The summed E-state index contributed by atoms with van der Waals surface area (Å²) in [6.07, 6.45) is 10.1. The summed E-state index contributed by atoms with van der Waals surface area (Å²) in [4.78, 5) is 11.2. The van der Waals surface area contributed by atoms with Crippen LogP contribution in [-0.4, -0.2) is 5.78 Å². The maximum Gasteiger partial charge on any atom is 0.144 e. The smallest absolute Gasteiger partial charge is 0.144 e. The van der Waals surface area contributed by atoms with Gasteiger partial charge in [0.15, 0.2) is 0 Å². The third-order valence-electron chi connectivity index (χ3n) is 2.52. The molecule has 0 N–H and O–H groups in total. The van der Waals surface area contributed by atoms with Crippen LogP contribution < -0.4 is 0 Å². The quantitative estimate of drug-likeness (QED) is 0.411. The van der Waals surface area contributed by atoms with E-state index in [0.717, 1.165) is 12.8 Å². The van der Waals surface area contributed by atoms with Gasteiger partial charge >= 0.3 is 0 Å². The van der Waals surface area contributed by atoms with Crippen molar-refractivity contribution in [3.63, 3.8) is 0 Å². The molecule has 0 unspecified atom stereocenters. The number of hydrogen-bond acceptors (Lipinski definition) is 1. The van der Waals surface area contributed by atoms with Crippen molar-refractivity contribution < 1.29 is 4.79 Å². The lowest BCUT2D eigenvalue weighted by molar-refractivity contribution is -0.118. The van der Waals surface area contributed by atoms with Crippen molar-refractivity contribution in [2.45, 2.75) is 71.6 Å². The Hall–Kier alpha value is -0.770. The van der Waals surface area contributed by atoms with Crippen LogP contribution in [0.3, 0.4) is 0 Å². The van der Waals surface area contributed by atoms with Crippen molar-refractivity contribution in [3.05, 3.63) is 0 Å². The molecule has 0 aromatic carbocycles. The number of Topliss-reactive ketones (excluding diaryl/α,β-unsaturated/α-hetero) is 1. The fourth-order valence-corrected chi connectivity index (χ4v) is 1.55. The van der Waals surface area contributed by atoms with E-state index in [4.69, 9.17) is 0 Å². The minimum Gasteiger partial charge on any atom is -0.299 e. The van der Waals surface area contributed by atoms with Gasteiger partial charge in [0, 0.05) is 6.42 Å². The lowest BCUT2D eigenvalue weighted by Gasteiger charge is -1.99. The third kappa shape index (κ3) is 11.2. The van der Waals surface area contributed by atoms with E-state index in [1.807, 2.05) is 0 Å². The fraction of sp³-hybridized carbons (Fsp3) is 0.786. The minimum atomic E-state index is 0.304. The van der Waals surface area contributed by atoms with Crippen molar-refractivity contribution in [2.75, 3.05) is 0 Å². The van der Waals surface area contributed by atoms with Gasteiger partial charge in [0.05, 0.1) is 6.42 Å². The highest BCUT2D eigenvalue weighted by molar-refractivity contribution is 5.80. The van der Waals surface area contributed by atoms with Crippen LogP contribution in [0.5, 0.6) is 0 Å². The standard InChI is InChI=1S/C14H24O/c1-3-5-7-8-9-10-11-13-14(15)12-6-4-2/h3,5,7-13H2,1-2H3. The molecule has 0 fully saturated rings. The number of unbranched alkanes of at least 4 members (excludes halogenated alkanes) is 6. The first kappa shape index (κ1) is 14.2. The summed E-state index contributed by atoms with van der Waals surface area (Å²) >= 11 is 0. The highest BCUT2D eigenvalue weighted by Crippen LogP contribution is 2.08. The summed E-state index contributed by atoms with van der Waals surface area (Å²) in [5.74, 6) is 5.87. The fourth-order valence-electron chi connectivity index (χ4n) is 1.55. The SMILES string of the molecule is CC#CCC(=O)CCCCCCCCC. The van der Waals surface area contributed by atoms with Gasteiger partial charge in [0.1, 0.15) is 5.78 Å². The number of ketones is 1. The number of carbonyl (C=O) groups excluding carboxylic acids is 1. The molecule has 0 bridgehead atoms. The Labute approximate surface area is 94.6 Å². The van der Waals surface area contributed by atoms with E-state index in [0.29, 0.717) is 12.2 Å². The van der Waals surface area contributed by atoms with E-state index in [2.05, 4.69) is 18.8 Å². The van der Waals surface area contributed by atoms with Crippen LogP contribution >= 0.6 is 0 Å². The Balaban J connectivity index is 3.15. The van der Waals surface area contributed by atoms with Crippen molar-refractivity contribution in [1.29, 1.82) is 0 Å². The van der Waals surface area contributed by atoms with Crippen LogP contribution in [0.1, 0.15) is 71.6 Å². The molecule has 0 amide bonds. The lowest BCUT2D eigenvalue weighted by atomic mass is 10.1. The van der Waals surface area contributed by atoms with Crippen molar-refractivity contribution in [1.82, 2.24) is 0 Å². The first-order valence-corrected chi connectivity index (χ1v) is 6.22. The molecule has 0 saturated heterocycles. The molecule has 0 atom stereocenters. The monoisotopic (exact) mass is 208 g/mol. The molecule has 0 spiro atoms. The molecule has 0 aliphatic carbocycles. The van der Waals surface area contributed by atoms with Gasteiger partial charge < -0.3 is 0 Å². The zero-order valence-corrected chi connectivity index (χ0v) is 10.3. The average Bonchev–Trinajstić information content (AvgIpc) is 2.25. The molecule has 0 aliphatic heterocycles. The number of rotatable bonds is 9. The van der Waals surface area contributed by atoms with Gasteiger partial charge in [0.2, 0.25) is 0 Å². The van der Waals surface area contributed by atoms with E-state index < -0.39 is 0 Å². The second-order valence-electron chi connectivity index (χ2n) is 4.01. The predicted molar refractivity (Wildman–Crippen MR) is 65.7 cm³/mol. The Morgan fingerprint density at radius 2 is 1.60 bits per heavy atom. The van der Waals surface area contributed by atoms with Gasteiger partial charge in [-0.05, 0) is 13.3 Å². The Morgan fingerprint density at radius 3 is 2.20 bits per heavy atom. The van der Waals surface area contributed by atoms with Crippen LogP contribution in [0, 0.1) is 11.8 Å². The Morgan fingerprint density at radius 1 is 1.00 bits per heavy atom. The normalized spacial score (nSPS) is 9.47. The van der Waals surface area contributed by atoms with E-state index in [9.17, 15) is 4.79 Å². The van der Waals surface area contributed by atoms with Gasteiger partial charge in [0.25, 0.3) is 0 Å². The summed E-state index contributed by atoms with van der Waals surface area (Å²) in [7, 11) is 0. The van der Waals surface area contributed by atoms with E-state index in [1.165, 1.54) is 38.5 Å². The van der Waals surface area contributed by atoms with Gasteiger partial charge in [-0.2, -0.15) is 0 Å². The largest absolute Gasteiger partial charge is 0.299 e. The van der Waals surface area contributed by atoms with Crippen LogP contribution in [0.4, 0.5) is 0 Å². The Bertz CT molecular complexity index is 207. The molecule has 0 rings (SSSR count). The van der Waals surface area contributed by atoms with Crippen LogP contribution in [0.15, 0.2) is 0 Å². The van der Waals surface area contributed by atoms with Crippen LogP contribution in [-0.2, 0) is 4.79 Å². The first-order valence-electron chi connectivity index (χ1n) is 6.22. The maximum absolute atomic E-state index is 11.2. The summed E-state index contributed by atoms with van der Waals surface area (Å²) in [5, 5.41) is 0. The van der Waals surface area contributed by atoms with Crippen molar-refractivity contribution in [3.8, 4) is 11.8 Å². The second-order valence-corrected chi connectivity index (χ2v) is 4.01. The third-order valence-corrected chi connectivity index (χ3v) is 2.52. The van der Waals surface area contributed by atoms with E-state index in [1.54, 1.807) is 6.92 Å². The molecule has 0 aromatic rings. The average molecular weight is 208 g/mol. The van der Waals surface area contributed by atoms with E-state index in [-0.39, 0.29) is 0 Å². The van der Waals surface area contributed by atoms with Gasteiger partial charge in [-0.15, -0.1) is 5.92 Å². The van der Waals surface area contributed by atoms with Crippen LogP contribution in [0.2, 0.25) is 0 Å². The summed E-state index contributed by atoms with van der Waals surface area (Å²) in [5.41, 5.74) is 0. The molecule has 86 valence electrons. The zero-order chi connectivity index (χ0) is 11.4. The molecular formula is C14H24O. The van der Waals surface area contributed by atoms with Gasteiger partial charge in [-0.1, -0.05) is 51.4 Å². The molecule has 0 saturated carbocycles. The molecule has 15 heavy (non-hydrogen) atoms. The molecular weight excluding hydrogens is 184 g/mol. The number of hydrogen-bond donors (Lipinski definition) is 0. The summed E-state index contributed by atoms with van der Waals surface area (Å²) < 4.78 is 0. The predicted octanol–water partition coefficient (Wildman–Crippen LogP) is 4.11. The summed E-state index contributed by atoms with van der Waals surface area (Å²) in [6.45, 7) is 4.01. The topological polar surface area (TPSA) is 17.1 Å². The Kier molecular flexibility index (Phi) is 10.7. The van der Waals surface area contributed by atoms with Crippen molar-refractivity contribution in [2.24, 2.45) is 0 Å². The zero-order valence-electron chi connectivity index (χ0n) is 10.3. The second kappa shape index (κ2) is 11.3. The van der Waals surface area contributed by atoms with Crippen molar-refractivity contribution >= 4 is 5.78 Å². The van der Waals surface area contributed by atoms with Gasteiger partial charge in [-0.25, -0.2) is 0 Å². The molecule has 1 nitrogen and oxygen atoms in total. The maximum atomic E-state index is 11.2. The highest BCUT2D eigenvalue weighted by Gasteiger charge is 1.98. The number of carbonyl (C=O) groups is 1. The van der Waals surface area contributed by atoms with Gasteiger partial charge in [-0.3, -0.25) is 4.79 Å². The lowest BCUT2D eigenvalue weighted by Crippen LogP contribution is -1.95. The van der Waals surface area contributed by atoms with Crippen LogP contribution in [0.25, 0.3) is 0 Å². The summed E-state index contributed by atoms with van der Waals surface area (Å²) in [6, 6.07) is 0. The van der Waals surface area contributed by atoms with E-state index >= 15 is 0 Å². The molecule has 0 radical (unpaired) electrons. The molecule has 0 heterocycles. The molecule has 0 aromatic heterocycles.